The van der Waals surface area contributed by atoms with E-state index in [4.69, 9.17) is 37.0 Å². The number of phosphoric acid groups is 2. The molecule has 0 saturated carbocycles. The van der Waals surface area contributed by atoms with Crippen LogP contribution in [-0.4, -0.2) is 96.7 Å². The largest absolute Gasteiger partial charge is 0.472 e. The van der Waals surface area contributed by atoms with E-state index >= 15 is 0 Å². The lowest BCUT2D eigenvalue weighted by Crippen LogP contribution is -2.30. The number of aliphatic hydroxyl groups excluding tert-OH is 1. The van der Waals surface area contributed by atoms with Gasteiger partial charge in [-0.2, -0.15) is 0 Å². The number of hydrogen-bond donors (Lipinski definition) is 3. The zero-order valence-electron chi connectivity index (χ0n) is 65.8. The van der Waals surface area contributed by atoms with Gasteiger partial charge in [0.2, 0.25) is 0 Å². The third kappa shape index (κ3) is 73.0. The number of esters is 4. The van der Waals surface area contributed by atoms with Crippen molar-refractivity contribution in [3.63, 3.8) is 0 Å². The maximum atomic E-state index is 13.1. The predicted molar refractivity (Wildman–Crippen MR) is 409 cm³/mol. The Morgan fingerprint density at radius 3 is 0.710 bits per heavy atom. The summed E-state index contributed by atoms with van der Waals surface area (Å²) in [6.45, 7) is 14.3. The second-order valence-electron chi connectivity index (χ2n) is 30.8. The highest BCUT2D eigenvalue weighted by molar-refractivity contribution is 7.47. The van der Waals surface area contributed by atoms with Crippen LogP contribution < -0.4 is 0 Å². The molecule has 0 bridgehead atoms. The van der Waals surface area contributed by atoms with Gasteiger partial charge < -0.3 is 33.8 Å². The molecule has 0 fully saturated rings. The molecule has 6 atom stereocenters. The molecule has 0 aromatic rings. The Bertz CT molecular complexity index is 1960. The molecular formula is C81H158O17P2. The Morgan fingerprint density at radius 2 is 0.480 bits per heavy atom. The van der Waals surface area contributed by atoms with Crippen LogP contribution in [0, 0.1) is 23.7 Å². The summed E-state index contributed by atoms with van der Waals surface area (Å²) in [6, 6.07) is 0. The molecule has 0 amide bonds. The van der Waals surface area contributed by atoms with Crippen molar-refractivity contribution < 1.29 is 80.2 Å². The fraction of sp³-hybridized carbons (Fsp3) is 0.951. The van der Waals surface area contributed by atoms with Crippen molar-refractivity contribution in [2.75, 3.05) is 39.6 Å². The van der Waals surface area contributed by atoms with E-state index in [1.807, 2.05) is 0 Å². The van der Waals surface area contributed by atoms with Gasteiger partial charge in [0.15, 0.2) is 12.2 Å². The first kappa shape index (κ1) is 98.1. The van der Waals surface area contributed by atoms with Crippen molar-refractivity contribution in [3.8, 4) is 0 Å². The molecule has 0 radical (unpaired) electrons. The van der Waals surface area contributed by atoms with E-state index in [0.717, 1.165) is 114 Å². The first-order chi connectivity index (χ1) is 48.1. The van der Waals surface area contributed by atoms with Crippen LogP contribution in [-0.2, 0) is 65.4 Å². The van der Waals surface area contributed by atoms with Crippen molar-refractivity contribution in [1.29, 1.82) is 0 Å². The molecule has 0 heterocycles. The number of carbonyl (C=O) groups is 4. The Balaban J connectivity index is 5.21. The van der Waals surface area contributed by atoms with Crippen molar-refractivity contribution in [2.45, 2.75) is 433 Å². The summed E-state index contributed by atoms with van der Waals surface area (Å²) in [7, 11) is -9.92. The molecule has 0 saturated heterocycles. The van der Waals surface area contributed by atoms with Crippen molar-refractivity contribution >= 4 is 39.5 Å². The van der Waals surface area contributed by atoms with Crippen LogP contribution in [0.5, 0.6) is 0 Å². The Labute approximate surface area is 613 Å². The lowest BCUT2D eigenvalue weighted by atomic mass is 9.99. The fourth-order valence-electron chi connectivity index (χ4n) is 12.4. The van der Waals surface area contributed by atoms with Gasteiger partial charge in [-0.25, -0.2) is 9.13 Å². The van der Waals surface area contributed by atoms with Gasteiger partial charge in [0, 0.05) is 25.7 Å². The summed E-state index contributed by atoms with van der Waals surface area (Å²) >= 11 is 0. The van der Waals surface area contributed by atoms with Gasteiger partial charge in [0.1, 0.15) is 19.3 Å². The van der Waals surface area contributed by atoms with E-state index in [0.29, 0.717) is 31.6 Å². The Hall–Kier alpha value is -1.94. The molecule has 3 N–H and O–H groups in total. The third-order valence-electron chi connectivity index (χ3n) is 19.2. The second-order valence-corrected chi connectivity index (χ2v) is 33.7. The minimum absolute atomic E-state index is 0.106. The van der Waals surface area contributed by atoms with Gasteiger partial charge in [-0.15, -0.1) is 0 Å². The van der Waals surface area contributed by atoms with Crippen molar-refractivity contribution in [2.24, 2.45) is 23.7 Å². The zero-order valence-corrected chi connectivity index (χ0v) is 67.6. The monoisotopic (exact) mass is 1470 g/mol. The molecule has 4 unspecified atom stereocenters. The lowest BCUT2D eigenvalue weighted by molar-refractivity contribution is -0.161. The first-order valence-corrected chi connectivity index (χ1v) is 44.7. The van der Waals surface area contributed by atoms with Crippen molar-refractivity contribution in [3.05, 3.63) is 0 Å². The van der Waals surface area contributed by atoms with E-state index in [-0.39, 0.29) is 25.7 Å². The third-order valence-corrected chi connectivity index (χ3v) is 21.1. The summed E-state index contributed by atoms with van der Waals surface area (Å²) in [4.78, 5) is 73.0. The van der Waals surface area contributed by atoms with Crippen LogP contribution in [0.4, 0.5) is 0 Å². The summed E-state index contributed by atoms with van der Waals surface area (Å²) in [5, 5.41) is 10.6. The molecule has 100 heavy (non-hydrogen) atoms. The molecule has 594 valence electrons. The Kier molecular flexibility index (Phi) is 68.7. The molecule has 0 aliphatic heterocycles. The van der Waals surface area contributed by atoms with Gasteiger partial charge in [-0.3, -0.25) is 37.3 Å². The molecule has 0 spiro atoms. The standard InChI is InChI=1S/C81H158O17P2/c1-9-74(8)60-52-44-36-28-21-16-14-12-10-11-13-15-17-22-30-38-47-55-63-80(85)97-76(67-91-78(83)61-53-45-37-29-25-24-27-34-42-50-58-72(4)5)69-95-99(87,88)93-65-75(82)66-94-100(89,90)96-70-77(68-92-79(84)62-54-46-40-32-35-43-51-59-73(6)7)98-81(86)64-56-48-39-31-23-19-18-20-26-33-41-49-57-71(2)3/h71-77,82H,9-70H2,1-8H3,(H,87,88)(H,89,90)/t74?,75?,76-,77-/m1/s1. The zero-order chi connectivity index (χ0) is 73.8. The Morgan fingerprint density at radius 1 is 0.280 bits per heavy atom. The van der Waals surface area contributed by atoms with Gasteiger partial charge in [-0.05, 0) is 49.4 Å². The summed E-state index contributed by atoms with van der Waals surface area (Å²) in [6.07, 6.45) is 57.0. The van der Waals surface area contributed by atoms with Crippen molar-refractivity contribution in [1.82, 2.24) is 0 Å². The van der Waals surface area contributed by atoms with Gasteiger partial charge in [0.25, 0.3) is 0 Å². The predicted octanol–water partition coefficient (Wildman–Crippen LogP) is 24.0. The summed E-state index contributed by atoms with van der Waals surface area (Å²) < 4.78 is 68.7. The smallest absolute Gasteiger partial charge is 0.462 e. The summed E-state index contributed by atoms with van der Waals surface area (Å²) in [5.74, 6) is 0.996. The first-order valence-electron chi connectivity index (χ1n) is 41.7. The van der Waals surface area contributed by atoms with E-state index in [1.54, 1.807) is 0 Å². The fourth-order valence-corrected chi connectivity index (χ4v) is 14.0. The average molecular weight is 1470 g/mol. The van der Waals surface area contributed by atoms with Crippen LogP contribution in [0.2, 0.25) is 0 Å². The average Bonchev–Trinajstić information content (AvgIpc) is 0.916. The number of unbranched alkanes of at least 4 members (excludes halogenated alkanes) is 43. The highest BCUT2D eigenvalue weighted by atomic mass is 31.2. The van der Waals surface area contributed by atoms with Crippen LogP contribution in [0.1, 0.15) is 415 Å². The minimum Gasteiger partial charge on any atom is -0.462 e. The number of phosphoric ester groups is 2. The number of rotatable bonds is 78. The molecule has 0 aliphatic rings. The minimum atomic E-state index is -4.96. The van der Waals surface area contributed by atoms with E-state index < -0.39 is 97.5 Å². The highest BCUT2D eigenvalue weighted by Crippen LogP contribution is 2.45. The van der Waals surface area contributed by atoms with E-state index in [9.17, 15) is 43.2 Å². The molecule has 19 heteroatoms. The van der Waals surface area contributed by atoms with Crippen LogP contribution in [0.15, 0.2) is 0 Å². The lowest BCUT2D eigenvalue weighted by Gasteiger charge is -2.21. The SMILES string of the molecule is CCC(C)CCCCCCCCCCCCCCCCCCCCC(=O)O[C@H](COC(=O)CCCCCCCCCCCCC(C)C)COP(=O)(O)OCC(O)COP(=O)(O)OC[C@@H](COC(=O)CCCCCCCCCC(C)C)OC(=O)CCCCCCCCCCCCCCC(C)C. The summed E-state index contributed by atoms with van der Waals surface area (Å²) in [5.41, 5.74) is 0. The van der Waals surface area contributed by atoms with Gasteiger partial charge in [0.05, 0.1) is 26.4 Å². The quantitative estimate of drug-likeness (QED) is 0.0222. The normalized spacial score (nSPS) is 14.3. The second kappa shape index (κ2) is 70.1. The molecular weight excluding hydrogens is 1310 g/mol. The van der Waals surface area contributed by atoms with Gasteiger partial charge in [-0.1, -0.05) is 364 Å². The molecule has 0 aromatic heterocycles. The number of ether oxygens (including phenoxy) is 4. The molecule has 0 aliphatic carbocycles. The van der Waals surface area contributed by atoms with Gasteiger partial charge >= 0.3 is 39.5 Å². The maximum absolute atomic E-state index is 13.1. The van der Waals surface area contributed by atoms with Crippen LogP contribution >= 0.6 is 15.6 Å². The number of hydrogen-bond acceptors (Lipinski definition) is 15. The highest BCUT2D eigenvalue weighted by Gasteiger charge is 2.30. The molecule has 17 nitrogen and oxygen atoms in total. The van der Waals surface area contributed by atoms with E-state index in [2.05, 4.69) is 55.4 Å². The molecule has 0 rings (SSSR count). The van der Waals surface area contributed by atoms with E-state index in [1.165, 1.54) is 212 Å². The topological polar surface area (TPSA) is 237 Å². The number of carbonyl (C=O) groups excluding carboxylic acids is 4. The maximum Gasteiger partial charge on any atom is 0.472 e. The van der Waals surface area contributed by atoms with Crippen LogP contribution in [0.3, 0.4) is 0 Å². The van der Waals surface area contributed by atoms with Crippen LogP contribution in [0.25, 0.3) is 0 Å². The number of aliphatic hydroxyl groups is 1. The molecule has 0 aromatic carbocycles.